The molecule has 11 heteroatoms. The normalized spacial score (nSPS) is 10.2. The maximum atomic E-state index is 12.6. The van der Waals surface area contributed by atoms with Crippen LogP contribution in [-0.2, 0) is 9.59 Å². The van der Waals surface area contributed by atoms with Crippen LogP contribution >= 0.6 is 11.3 Å². The molecule has 1 aromatic carbocycles. The van der Waals surface area contributed by atoms with Crippen LogP contribution in [-0.4, -0.2) is 34.4 Å². The number of carbonyl (C=O) groups is 3. The van der Waals surface area contributed by atoms with Gasteiger partial charge in [0, 0.05) is 25.6 Å². The van der Waals surface area contributed by atoms with Crippen molar-refractivity contribution in [3.63, 3.8) is 0 Å². The maximum absolute atomic E-state index is 12.6. The van der Waals surface area contributed by atoms with Crippen molar-refractivity contribution in [3.8, 4) is 0 Å². The van der Waals surface area contributed by atoms with Gasteiger partial charge in [-0.1, -0.05) is 11.3 Å². The summed E-state index contributed by atoms with van der Waals surface area (Å²) in [6.07, 6.45) is 0.473. The van der Waals surface area contributed by atoms with Crippen molar-refractivity contribution in [2.45, 2.75) is 26.7 Å². The van der Waals surface area contributed by atoms with Gasteiger partial charge in [0.25, 0.3) is 5.91 Å². The number of nitrogens with zero attached hydrogens (tertiary/aromatic N) is 2. The number of amides is 2. The second-order valence-electron chi connectivity index (χ2n) is 5.82. The lowest BCUT2D eigenvalue weighted by Gasteiger charge is -2.13. The second kappa shape index (κ2) is 9.55. The Morgan fingerprint density at radius 1 is 1.25 bits per heavy atom. The Hall–Kier alpha value is -3.34. The Morgan fingerprint density at radius 3 is 2.61 bits per heavy atom. The number of anilines is 3. The monoisotopic (exact) mass is 405 g/mol. The van der Waals surface area contributed by atoms with Gasteiger partial charge in [0.1, 0.15) is 0 Å². The van der Waals surface area contributed by atoms with Crippen LogP contribution in [0.1, 0.15) is 35.8 Å². The Morgan fingerprint density at radius 2 is 2.00 bits per heavy atom. The van der Waals surface area contributed by atoms with Gasteiger partial charge in [0.15, 0.2) is 10.1 Å². The van der Waals surface area contributed by atoms with Gasteiger partial charge in [-0.05, 0) is 36.7 Å². The molecule has 0 spiro atoms. The predicted octanol–water partition coefficient (Wildman–Crippen LogP) is 3.34. The fourth-order valence-corrected chi connectivity index (χ4v) is 3.05. The van der Waals surface area contributed by atoms with Crippen LogP contribution in [0.2, 0.25) is 0 Å². The van der Waals surface area contributed by atoms with Gasteiger partial charge in [-0.25, -0.2) is 4.98 Å². The molecule has 148 valence electrons. The SMILES string of the molecule is CC(=O)Nc1cc(NCCCC(=O)O)ccc1C(=O)Nc1nc(C)c(N=O)s1. The number of hydrogen-bond donors (Lipinski definition) is 4. The van der Waals surface area contributed by atoms with E-state index >= 15 is 0 Å². The molecule has 4 N–H and O–H groups in total. The molecule has 0 saturated carbocycles. The third kappa shape index (κ3) is 5.84. The lowest BCUT2D eigenvalue weighted by atomic mass is 10.1. The highest BCUT2D eigenvalue weighted by molar-refractivity contribution is 7.19. The molecule has 0 atom stereocenters. The van der Waals surface area contributed by atoms with E-state index < -0.39 is 11.9 Å². The lowest BCUT2D eigenvalue weighted by Crippen LogP contribution is -2.17. The largest absolute Gasteiger partial charge is 0.481 e. The summed E-state index contributed by atoms with van der Waals surface area (Å²) in [4.78, 5) is 49.4. The summed E-state index contributed by atoms with van der Waals surface area (Å²) >= 11 is 0.951. The quantitative estimate of drug-likeness (QED) is 0.369. The van der Waals surface area contributed by atoms with Crippen LogP contribution < -0.4 is 16.0 Å². The summed E-state index contributed by atoms with van der Waals surface area (Å²) < 4.78 is 0. The number of hydrogen-bond acceptors (Lipinski definition) is 8. The summed E-state index contributed by atoms with van der Waals surface area (Å²) in [5.74, 6) is -1.74. The number of aromatic nitrogens is 1. The van der Waals surface area contributed by atoms with Gasteiger partial charge in [0.2, 0.25) is 5.91 Å². The van der Waals surface area contributed by atoms with Crippen molar-refractivity contribution >= 4 is 50.6 Å². The highest BCUT2D eigenvalue weighted by atomic mass is 32.1. The summed E-state index contributed by atoms with van der Waals surface area (Å²) in [7, 11) is 0. The van der Waals surface area contributed by atoms with Crippen LogP contribution in [0.25, 0.3) is 0 Å². The number of benzene rings is 1. The van der Waals surface area contributed by atoms with Crippen molar-refractivity contribution in [3.05, 3.63) is 34.4 Å². The molecule has 0 aliphatic heterocycles. The molecular formula is C17H19N5O5S. The number of thiazole rings is 1. The molecule has 0 aliphatic carbocycles. The van der Waals surface area contributed by atoms with Crippen LogP contribution in [0.15, 0.2) is 23.4 Å². The van der Waals surface area contributed by atoms with E-state index in [1.165, 1.54) is 13.0 Å². The first-order valence-corrected chi connectivity index (χ1v) is 9.11. The van der Waals surface area contributed by atoms with Gasteiger partial charge in [-0.3, -0.25) is 19.7 Å². The van der Waals surface area contributed by atoms with E-state index in [0.29, 0.717) is 24.3 Å². The number of aryl methyl sites for hydroxylation is 1. The van der Waals surface area contributed by atoms with Crippen LogP contribution in [0.4, 0.5) is 21.5 Å². The number of nitrogens with one attached hydrogen (secondary N) is 3. The van der Waals surface area contributed by atoms with E-state index in [-0.39, 0.29) is 33.7 Å². The van der Waals surface area contributed by atoms with E-state index in [2.05, 4.69) is 26.1 Å². The Labute approximate surface area is 164 Å². The van der Waals surface area contributed by atoms with Gasteiger partial charge >= 0.3 is 5.97 Å². The second-order valence-corrected chi connectivity index (χ2v) is 6.80. The Bertz CT molecular complexity index is 911. The molecule has 1 heterocycles. The first-order chi connectivity index (χ1) is 13.3. The average Bonchev–Trinajstić information content (AvgIpc) is 2.97. The van der Waals surface area contributed by atoms with Crippen LogP contribution in [0.3, 0.4) is 0 Å². The predicted molar refractivity (Wildman–Crippen MR) is 106 cm³/mol. The minimum absolute atomic E-state index is 0.0386. The smallest absolute Gasteiger partial charge is 0.303 e. The fourth-order valence-electron chi connectivity index (χ4n) is 2.31. The van der Waals surface area contributed by atoms with Crippen molar-refractivity contribution in [2.75, 3.05) is 22.5 Å². The van der Waals surface area contributed by atoms with Crippen LogP contribution in [0.5, 0.6) is 0 Å². The first-order valence-electron chi connectivity index (χ1n) is 8.29. The number of carboxylic acid groups (broad SMARTS) is 1. The summed E-state index contributed by atoms with van der Waals surface area (Å²) in [6, 6.07) is 4.76. The summed E-state index contributed by atoms with van der Waals surface area (Å²) in [5.41, 5.74) is 1.54. The van der Waals surface area contributed by atoms with E-state index in [4.69, 9.17) is 5.11 Å². The number of aliphatic carboxylic acids is 1. The average molecular weight is 405 g/mol. The van der Waals surface area contributed by atoms with E-state index in [9.17, 15) is 19.3 Å². The molecule has 10 nitrogen and oxygen atoms in total. The van der Waals surface area contributed by atoms with E-state index in [1.807, 2.05) is 0 Å². The molecule has 0 saturated heterocycles. The zero-order valence-electron chi connectivity index (χ0n) is 15.2. The van der Waals surface area contributed by atoms with Crippen molar-refractivity contribution < 1.29 is 19.5 Å². The highest BCUT2D eigenvalue weighted by Gasteiger charge is 2.16. The molecule has 0 radical (unpaired) electrons. The van der Waals surface area contributed by atoms with E-state index in [1.54, 1.807) is 19.1 Å². The number of nitroso groups, excluding NO2 is 1. The topological polar surface area (TPSA) is 150 Å². The first kappa shape index (κ1) is 21.0. The van der Waals surface area contributed by atoms with Crippen molar-refractivity contribution in [2.24, 2.45) is 5.18 Å². The molecule has 1 aromatic heterocycles. The molecule has 0 bridgehead atoms. The summed E-state index contributed by atoms with van der Waals surface area (Å²) in [6.45, 7) is 3.36. The standard InChI is InChI=1S/C17H19N5O5S/c1-9-16(22-27)28-17(19-9)21-15(26)12-6-5-11(8-13(12)20-10(2)23)18-7-3-4-14(24)25/h5-6,8,18H,3-4,7H2,1-2H3,(H,20,23)(H,24,25)(H,19,21,26). The number of rotatable bonds is 9. The minimum atomic E-state index is -0.877. The third-order valence-corrected chi connectivity index (χ3v) is 4.50. The Balaban J connectivity index is 2.16. The molecule has 2 amide bonds. The van der Waals surface area contributed by atoms with Crippen molar-refractivity contribution in [1.82, 2.24) is 4.98 Å². The Kier molecular flexibility index (Phi) is 7.15. The van der Waals surface area contributed by atoms with Crippen molar-refractivity contribution in [1.29, 1.82) is 0 Å². The van der Waals surface area contributed by atoms with Gasteiger partial charge in [0.05, 0.1) is 16.9 Å². The zero-order valence-corrected chi connectivity index (χ0v) is 16.1. The van der Waals surface area contributed by atoms with Crippen LogP contribution in [0, 0.1) is 11.8 Å². The minimum Gasteiger partial charge on any atom is -0.481 e. The molecule has 0 aliphatic rings. The maximum Gasteiger partial charge on any atom is 0.303 e. The third-order valence-electron chi connectivity index (χ3n) is 3.55. The summed E-state index contributed by atoms with van der Waals surface area (Å²) in [5, 5.41) is 20.1. The zero-order chi connectivity index (χ0) is 20.7. The molecule has 0 fully saturated rings. The number of carbonyl (C=O) groups excluding carboxylic acids is 2. The molecule has 0 unspecified atom stereocenters. The molecule has 2 aromatic rings. The fraction of sp³-hybridized carbons (Fsp3) is 0.294. The number of carboxylic acids is 1. The van der Waals surface area contributed by atoms with Gasteiger partial charge in [-0.2, -0.15) is 0 Å². The molecule has 2 rings (SSSR count). The molecule has 28 heavy (non-hydrogen) atoms. The highest BCUT2D eigenvalue weighted by Crippen LogP contribution is 2.31. The van der Waals surface area contributed by atoms with Gasteiger partial charge in [-0.15, -0.1) is 4.91 Å². The van der Waals surface area contributed by atoms with Gasteiger partial charge < -0.3 is 15.7 Å². The molecular weight excluding hydrogens is 386 g/mol. The lowest BCUT2D eigenvalue weighted by molar-refractivity contribution is -0.137. The van der Waals surface area contributed by atoms with E-state index in [0.717, 1.165) is 11.3 Å².